The van der Waals surface area contributed by atoms with Gasteiger partial charge < -0.3 is 15.4 Å². The van der Waals surface area contributed by atoms with Gasteiger partial charge >= 0.3 is 6.18 Å². The molecule has 0 aliphatic heterocycles. The van der Waals surface area contributed by atoms with E-state index >= 15 is 0 Å². The predicted octanol–water partition coefficient (Wildman–Crippen LogP) is 2.97. The number of alkyl halides is 3. The summed E-state index contributed by atoms with van der Waals surface area (Å²) in [5.41, 5.74) is 0.153. The summed E-state index contributed by atoms with van der Waals surface area (Å²) < 4.78 is 69.3. The highest BCUT2D eigenvalue weighted by atomic mass is 32.2. The van der Waals surface area contributed by atoms with Crippen molar-refractivity contribution in [1.82, 2.24) is 4.72 Å². The lowest BCUT2D eigenvalue weighted by molar-refractivity contribution is -0.117. The Morgan fingerprint density at radius 1 is 1.07 bits per heavy atom. The molecule has 29 heavy (non-hydrogen) atoms. The molecule has 0 radical (unpaired) electrons. The van der Waals surface area contributed by atoms with Gasteiger partial charge in [-0.2, -0.15) is 17.9 Å². The van der Waals surface area contributed by atoms with Crippen molar-refractivity contribution in [3.05, 3.63) is 48.5 Å². The van der Waals surface area contributed by atoms with E-state index in [1.165, 1.54) is 62.6 Å². The first-order valence-electron chi connectivity index (χ1n) is 8.39. The average molecular weight is 431 g/mol. The van der Waals surface area contributed by atoms with Crippen LogP contribution in [0.25, 0.3) is 0 Å². The molecular formula is C18H20F3N3O4S. The number of methoxy groups -OCH3 is 1. The number of sulfonamides is 1. The second kappa shape index (κ2) is 9.14. The Bertz CT molecular complexity index is 948. The zero-order valence-corrected chi connectivity index (χ0v) is 16.4. The molecule has 2 aromatic carbocycles. The molecule has 0 unspecified atom stereocenters. The van der Waals surface area contributed by atoms with Gasteiger partial charge in [-0.05, 0) is 43.3 Å². The van der Waals surface area contributed by atoms with Gasteiger partial charge in [-0.25, -0.2) is 8.42 Å². The van der Waals surface area contributed by atoms with E-state index in [1.807, 2.05) is 0 Å². The molecule has 158 valence electrons. The number of benzene rings is 2. The average Bonchev–Trinajstić information content (AvgIpc) is 2.66. The third-order valence-corrected chi connectivity index (χ3v) is 5.32. The fourth-order valence-corrected chi connectivity index (χ4v) is 3.49. The summed E-state index contributed by atoms with van der Waals surface area (Å²) in [6.45, 7) is 0.0434. The fraction of sp³-hybridized carbons (Fsp3) is 0.278. The second-order valence-corrected chi connectivity index (χ2v) is 7.74. The van der Waals surface area contributed by atoms with Gasteiger partial charge in [-0.3, -0.25) is 4.79 Å². The van der Waals surface area contributed by atoms with E-state index in [0.29, 0.717) is 5.75 Å². The molecule has 0 heterocycles. The Kier molecular flexibility index (Phi) is 7.09. The molecule has 7 nitrogen and oxygen atoms in total. The topological polar surface area (TPSA) is 96.5 Å². The van der Waals surface area contributed by atoms with Crippen molar-refractivity contribution >= 4 is 27.3 Å². The number of nitrogens with one attached hydrogen (secondary N) is 3. The Morgan fingerprint density at radius 2 is 1.66 bits per heavy atom. The van der Waals surface area contributed by atoms with Gasteiger partial charge in [0, 0.05) is 0 Å². The number of amides is 1. The number of carbonyl (C=O) groups is 1. The van der Waals surface area contributed by atoms with E-state index in [9.17, 15) is 26.4 Å². The first-order chi connectivity index (χ1) is 13.5. The quantitative estimate of drug-likeness (QED) is 0.597. The molecule has 0 aliphatic rings. The zero-order chi connectivity index (χ0) is 21.7. The minimum Gasteiger partial charge on any atom is -0.497 e. The zero-order valence-electron chi connectivity index (χ0n) is 15.6. The first kappa shape index (κ1) is 22.5. The van der Waals surface area contributed by atoms with E-state index in [1.54, 1.807) is 0 Å². The highest BCUT2D eigenvalue weighted by Crippen LogP contribution is 2.24. The van der Waals surface area contributed by atoms with Crippen LogP contribution in [0.2, 0.25) is 0 Å². The van der Waals surface area contributed by atoms with E-state index in [0.717, 1.165) is 0 Å². The van der Waals surface area contributed by atoms with Gasteiger partial charge in [-0.15, -0.1) is 0 Å². The van der Waals surface area contributed by atoms with Crippen molar-refractivity contribution in [1.29, 1.82) is 0 Å². The standard InChI is InChI=1S/C18H20F3N3O4S/c1-12(24-29(26,27)14-9-7-13(28-2)8-10-14)17(25)23-16-6-4-3-5-15(16)22-11-18(19,20)21/h3-10,12,22,24H,11H2,1-2H3,(H,23,25)/t12-/m0/s1. The fourth-order valence-electron chi connectivity index (χ4n) is 2.29. The van der Waals surface area contributed by atoms with E-state index < -0.39 is 34.7 Å². The van der Waals surface area contributed by atoms with Crippen LogP contribution in [-0.4, -0.2) is 40.2 Å². The Hall–Kier alpha value is -2.79. The summed E-state index contributed by atoms with van der Waals surface area (Å²) in [6.07, 6.45) is -4.43. The van der Waals surface area contributed by atoms with Crippen molar-refractivity contribution in [3.63, 3.8) is 0 Å². The van der Waals surface area contributed by atoms with Gasteiger partial charge in [-0.1, -0.05) is 12.1 Å². The molecule has 0 saturated carbocycles. The second-order valence-electron chi connectivity index (χ2n) is 6.02. The lowest BCUT2D eigenvalue weighted by Gasteiger charge is -2.17. The van der Waals surface area contributed by atoms with Crippen LogP contribution in [0.5, 0.6) is 5.75 Å². The van der Waals surface area contributed by atoms with Crippen molar-refractivity contribution in [2.45, 2.75) is 24.0 Å². The number of halogens is 3. The normalized spacial score (nSPS) is 12.9. The molecular weight excluding hydrogens is 411 g/mol. The van der Waals surface area contributed by atoms with Gasteiger partial charge in [0.1, 0.15) is 12.3 Å². The van der Waals surface area contributed by atoms with Crippen LogP contribution in [0.4, 0.5) is 24.5 Å². The Balaban J connectivity index is 2.07. The smallest absolute Gasteiger partial charge is 0.405 e. The monoisotopic (exact) mass is 431 g/mol. The van der Waals surface area contributed by atoms with Gasteiger partial charge in [0.15, 0.2) is 0 Å². The number of para-hydroxylation sites is 2. The molecule has 1 amide bonds. The molecule has 0 spiro atoms. The molecule has 0 bridgehead atoms. The SMILES string of the molecule is COc1ccc(S(=O)(=O)N[C@@H](C)C(=O)Nc2ccccc2NCC(F)(F)F)cc1. The Labute approximate surface area is 166 Å². The van der Waals surface area contributed by atoms with Crippen LogP contribution in [-0.2, 0) is 14.8 Å². The predicted molar refractivity (Wildman–Crippen MR) is 102 cm³/mol. The maximum absolute atomic E-state index is 12.4. The highest BCUT2D eigenvalue weighted by molar-refractivity contribution is 7.89. The summed E-state index contributed by atoms with van der Waals surface area (Å²) in [7, 11) is -2.55. The molecule has 2 aromatic rings. The van der Waals surface area contributed by atoms with E-state index in [-0.39, 0.29) is 16.3 Å². The van der Waals surface area contributed by atoms with E-state index in [2.05, 4.69) is 15.4 Å². The first-order valence-corrected chi connectivity index (χ1v) is 9.87. The third-order valence-electron chi connectivity index (χ3n) is 3.76. The molecule has 0 aliphatic carbocycles. The van der Waals surface area contributed by atoms with E-state index in [4.69, 9.17) is 4.74 Å². The molecule has 11 heteroatoms. The van der Waals surface area contributed by atoms with Crippen LogP contribution in [0.3, 0.4) is 0 Å². The van der Waals surface area contributed by atoms with Crippen molar-refractivity contribution in [2.75, 3.05) is 24.3 Å². The molecule has 1 atom stereocenters. The number of carbonyl (C=O) groups excluding carboxylic acids is 1. The van der Waals surface area contributed by atoms with Crippen LogP contribution in [0.15, 0.2) is 53.4 Å². The van der Waals surface area contributed by atoms with Crippen molar-refractivity contribution < 1.29 is 31.1 Å². The molecule has 3 N–H and O–H groups in total. The lowest BCUT2D eigenvalue weighted by atomic mass is 10.2. The van der Waals surface area contributed by atoms with Crippen LogP contribution in [0.1, 0.15) is 6.92 Å². The highest BCUT2D eigenvalue weighted by Gasteiger charge is 2.27. The summed E-state index contributed by atoms with van der Waals surface area (Å²) in [5.74, 6) is -0.263. The van der Waals surface area contributed by atoms with Gasteiger partial charge in [0.25, 0.3) is 0 Å². The van der Waals surface area contributed by atoms with Crippen molar-refractivity contribution in [3.8, 4) is 5.75 Å². The molecule has 0 saturated heterocycles. The summed E-state index contributed by atoms with van der Waals surface area (Å²) in [6, 6.07) is 10.2. The van der Waals surface area contributed by atoms with Gasteiger partial charge in [0.05, 0.1) is 29.4 Å². The number of hydrogen-bond donors (Lipinski definition) is 3. The largest absolute Gasteiger partial charge is 0.497 e. The minimum absolute atomic E-state index is 0.0587. The summed E-state index contributed by atoms with van der Waals surface area (Å²) in [4.78, 5) is 12.3. The molecule has 2 rings (SSSR count). The van der Waals surface area contributed by atoms with Crippen LogP contribution in [0, 0.1) is 0 Å². The van der Waals surface area contributed by atoms with Crippen molar-refractivity contribution in [2.24, 2.45) is 0 Å². The summed E-state index contributed by atoms with van der Waals surface area (Å²) in [5, 5.41) is 4.62. The molecule has 0 aromatic heterocycles. The maximum Gasteiger partial charge on any atom is 0.405 e. The van der Waals surface area contributed by atoms with Crippen LogP contribution >= 0.6 is 0 Å². The maximum atomic E-state index is 12.4. The van der Waals surface area contributed by atoms with Gasteiger partial charge in [0.2, 0.25) is 15.9 Å². The molecule has 0 fully saturated rings. The number of ether oxygens (including phenoxy) is 1. The number of rotatable bonds is 8. The third kappa shape index (κ3) is 6.64. The minimum atomic E-state index is -4.43. The summed E-state index contributed by atoms with van der Waals surface area (Å²) >= 11 is 0. The van der Waals surface area contributed by atoms with Crippen LogP contribution < -0.4 is 20.1 Å². The number of hydrogen-bond acceptors (Lipinski definition) is 5. The number of anilines is 2. The lowest BCUT2D eigenvalue weighted by Crippen LogP contribution is -2.41. The Morgan fingerprint density at radius 3 is 2.21 bits per heavy atom.